The van der Waals surface area contributed by atoms with Gasteiger partial charge in [-0.1, -0.05) is 19.8 Å². The summed E-state index contributed by atoms with van der Waals surface area (Å²) < 4.78 is 5.15. The van der Waals surface area contributed by atoms with Gasteiger partial charge in [-0.15, -0.1) is 0 Å². The Balaban J connectivity index is 1.66. The average molecular weight is 374 g/mol. The van der Waals surface area contributed by atoms with E-state index in [-0.39, 0.29) is 18.6 Å². The molecule has 1 heterocycles. The number of carbonyl (C=O) groups excluding carboxylic acids is 3. The second-order valence-corrected chi connectivity index (χ2v) is 7.66. The first kappa shape index (κ1) is 19.4. The fourth-order valence-electron chi connectivity index (χ4n) is 4.05. The number of carbonyl (C=O) groups is 3. The molecule has 3 atom stereocenters. The van der Waals surface area contributed by atoms with Crippen molar-refractivity contribution >= 4 is 17.8 Å². The number of nitrogens with zero attached hydrogens (tertiary/aromatic N) is 2. The number of imide groups is 2. The van der Waals surface area contributed by atoms with Gasteiger partial charge in [-0.3, -0.25) is 14.5 Å². The molecule has 4 amide bonds. The normalized spacial score (nSPS) is 24.5. The van der Waals surface area contributed by atoms with Crippen molar-refractivity contribution in [2.24, 2.45) is 5.92 Å². The van der Waals surface area contributed by atoms with Crippen molar-refractivity contribution in [2.75, 3.05) is 20.8 Å². The third-order valence-corrected chi connectivity index (χ3v) is 5.57. The van der Waals surface area contributed by atoms with Crippen LogP contribution in [0.3, 0.4) is 0 Å². The topological polar surface area (TPSA) is 71.4 Å². The predicted octanol–water partition coefficient (Wildman–Crippen LogP) is 1.04. The van der Waals surface area contributed by atoms with E-state index >= 15 is 0 Å². The Bertz CT molecular complexity index is 718. The summed E-state index contributed by atoms with van der Waals surface area (Å²) in [4.78, 5) is 41.0. The molecule has 1 aromatic rings. The van der Waals surface area contributed by atoms with E-state index in [0.717, 1.165) is 46.8 Å². The number of nitrogens with one attached hydrogen (secondary N) is 1. The molecule has 1 unspecified atom stereocenters. The molecule has 0 spiro atoms. The van der Waals surface area contributed by atoms with Crippen LogP contribution in [0.4, 0.5) is 4.79 Å². The standard InChI is InChI=1S/C20H27N3O4/c1-14-6-4-5-7-17(14)23-19(25)18(24)22(20(23)26)13-21(2)12-15-8-10-16(27-3)11-9-15/h8-11,14,17H,4-7,12-13H2,1-3H3/p+1/t14-,17-/m0/s1. The Hall–Kier alpha value is -2.41. The largest absolute Gasteiger partial charge is 0.497 e. The fourth-order valence-corrected chi connectivity index (χ4v) is 4.05. The molecule has 2 aliphatic rings. The summed E-state index contributed by atoms with van der Waals surface area (Å²) in [6.45, 7) is 2.86. The van der Waals surface area contributed by atoms with Crippen LogP contribution < -0.4 is 9.64 Å². The maximum Gasteiger partial charge on any atom is 0.338 e. The minimum atomic E-state index is -0.702. The summed E-state index contributed by atoms with van der Waals surface area (Å²) in [6.07, 6.45) is 3.87. The lowest BCUT2D eigenvalue weighted by Gasteiger charge is -2.34. The van der Waals surface area contributed by atoms with Crippen LogP contribution in [0.5, 0.6) is 5.75 Å². The van der Waals surface area contributed by atoms with E-state index in [4.69, 9.17) is 4.74 Å². The molecule has 7 nitrogen and oxygen atoms in total. The van der Waals surface area contributed by atoms with Gasteiger partial charge in [0.25, 0.3) is 0 Å². The quantitative estimate of drug-likeness (QED) is 0.597. The van der Waals surface area contributed by atoms with Gasteiger partial charge >= 0.3 is 17.8 Å². The van der Waals surface area contributed by atoms with Gasteiger partial charge in [0.1, 0.15) is 12.3 Å². The van der Waals surface area contributed by atoms with Crippen LogP contribution in [0, 0.1) is 5.92 Å². The highest BCUT2D eigenvalue weighted by Crippen LogP contribution is 2.30. The fraction of sp³-hybridized carbons (Fsp3) is 0.550. The maximum absolute atomic E-state index is 12.8. The lowest BCUT2D eigenvalue weighted by Crippen LogP contribution is -3.09. The van der Waals surface area contributed by atoms with Crippen LogP contribution >= 0.6 is 0 Å². The van der Waals surface area contributed by atoms with Crippen LogP contribution in [0.1, 0.15) is 38.2 Å². The molecule has 1 aliphatic heterocycles. The lowest BCUT2D eigenvalue weighted by molar-refractivity contribution is -0.901. The molecule has 146 valence electrons. The van der Waals surface area contributed by atoms with Crippen molar-refractivity contribution in [2.45, 2.75) is 45.2 Å². The third kappa shape index (κ3) is 3.98. The number of ether oxygens (including phenoxy) is 1. The van der Waals surface area contributed by atoms with Crippen molar-refractivity contribution < 1.29 is 24.0 Å². The second kappa shape index (κ2) is 8.08. The minimum Gasteiger partial charge on any atom is -0.497 e. The summed E-state index contributed by atoms with van der Waals surface area (Å²) in [6, 6.07) is 7.05. The van der Waals surface area contributed by atoms with Gasteiger partial charge in [-0.25, -0.2) is 9.69 Å². The number of urea groups is 1. The van der Waals surface area contributed by atoms with Crippen molar-refractivity contribution in [1.29, 1.82) is 0 Å². The summed E-state index contributed by atoms with van der Waals surface area (Å²) in [5.41, 5.74) is 1.07. The number of benzene rings is 1. The Kier molecular flexibility index (Phi) is 5.79. The predicted molar refractivity (Wildman–Crippen MR) is 99.0 cm³/mol. The number of hydrogen-bond donors (Lipinski definition) is 1. The van der Waals surface area contributed by atoms with Crippen LogP contribution in [0.2, 0.25) is 0 Å². The molecule has 1 saturated carbocycles. The summed E-state index contributed by atoms with van der Waals surface area (Å²) in [7, 11) is 3.52. The smallest absolute Gasteiger partial charge is 0.338 e. The number of methoxy groups -OCH3 is 1. The van der Waals surface area contributed by atoms with Gasteiger partial charge in [0, 0.05) is 11.6 Å². The van der Waals surface area contributed by atoms with E-state index in [0.29, 0.717) is 6.54 Å². The number of amides is 4. The van der Waals surface area contributed by atoms with E-state index < -0.39 is 17.8 Å². The highest BCUT2D eigenvalue weighted by molar-refractivity contribution is 6.44. The SMILES string of the molecule is COc1ccc(C[NH+](C)CN2C(=O)C(=O)N([C@H]3CCCC[C@@H]3C)C2=O)cc1. The molecule has 0 aromatic heterocycles. The zero-order valence-electron chi connectivity index (χ0n) is 16.2. The number of rotatable bonds is 6. The Labute approximate surface area is 159 Å². The van der Waals surface area contributed by atoms with Gasteiger partial charge in [-0.2, -0.15) is 0 Å². The van der Waals surface area contributed by atoms with Crippen molar-refractivity contribution in [3.63, 3.8) is 0 Å². The molecule has 7 heteroatoms. The molecule has 27 heavy (non-hydrogen) atoms. The van der Waals surface area contributed by atoms with Crippen LogP contribution in [-0.2, 0) is 16.1 Å². The summed E-state index contributed by atoms with van der Waals surface area (Å²) in [5.74, 6) is -0.351. The second-order valence-electron chi connectivity index (χ2n) is 7.66. The van der Waals surface area contributed by atoms with E-state index in [1.54, 1.807) is 7.11 Å². The molecule has 0 radical (unpaired) electrons. The van der Waals surface area contributed by atoms with Crippen LogP contribution in [-0.4, -0.2) is 54.5 Å². The molecular formula is C20H28N3O4+. The highest BCUT2D eigenvalue weighted by Gasteiger charge is 2.50. The van der Waals surface area contributed by atoms with Crippen LogP contribution in [0.25, 0.3) is 0 Å². The van der Waals surface area contributed by atoms with Crippen molar-refractivity contribution in [3.8, 4) is 5.75 Å². The lowest BCUT2D eigenvalue weighted by atomic mass is 9.85. The third-order valence-electron chi connectivity index (χ3n) is 5.57. The Morgan fingerprint density at radius 3 is 2.37 bits per heavy atom. The van der Waals surface area contributed by atoms with Crippen LogP contribution in [0.15, 0.2) is 24.3 Å². The van der Waals surface area contributed by atoms with E-state index in [1.165, 1.54) is 4.90 Å². The van der Waals surface area contributed by atoms with E-state index in [1.807, 2.05) is 31.3 Å². The molecule has 0 bridgehead atoms. The van der Waals surface area contributed by atoms with Gasteiger partial charge in [0.05, 0.1) is 14.2 Å². The zero-order valence-corrected chi connectivity index (χ0v) is 16.2. The summed E-state index contributed by atoms with van der Waals surface area (Å²) in [5, 5.41) is 0. The molecular weight excluding hydrogens is 346 g/mol. The first-order chi connectivity index (χ1) is 12.9. The zero-order chi connectivity index (χ0) is 19.6. The summed E-state index contributed by atoms with van der Waals surface area (Å²) >= 11 is 0. The van der Waals surface area contributed by atoms with Gasteiger partial charge in [0.15, 0.2) is 6.67 Å². The highest BCUT2D eigenvalue weighted by atomic mass is 16.5. The number of hydrogen-bond acceptors (Lipinski definition) is 4. The molecule has 2 fully saturated rings. The van der Waals surface area contributed by atoms with E-state index in [2.05, 4.69) is 6.92 Å². The molecule has 1 aromatic carbocycles. The number of quaternary nitrogens is 1. The van der Waals surface area contributed by atoms with Gasteiger partial charge in [-0.05, 0) is 43.0 Å². The molecule has 1 N–H and O–H groups in total. The Morgan fingerprint density at radius 1 is 1.07 bits per heavy atom. The van der Waals surface area contributed by atoms with Gasteiger partial charge in [0.2, 0.25) is 0 Å². The molecule has 1 saturated heterocycles. The first-order valence-corrected chi connectivity index (χ1v) is 9.55. The molecule has 1 aliphatic carbocycles. The minimum absolute atomic E-state index is 0.158. The Morgan fingerprint density at radius 2 is 1.74 bits per heavy atom. The van der Waals surface area contributed by atoms with Crippen molar-refractivity contribution in [3.05, 3.63) is 29.8 Å². The molecule has 3 rings (SSSR count). The first-order valence-electron chi connectivity index (χ1n) is 9.55. The maximum atomic E-state index is 12.8. The van der Waals surface area contributed by atoms with Gasteiger partial charge < -0.3 is 9.64 Å². The van der Waals surface area contributed by atoms with Crippen molar-refractivity contribution in [1.82, 2.24) is 9.80 Å². The monoisotopic (exact) mass is 374 g/mol. The van der Waals surface area contributed by atoms with E-state index in [9.17, 15) is 14.4 Å². The average Bonchev–Trinajstić information content (AvgIpc) is 2.86.